The van der Waals surface area contributed by atoms with Gasteiger partial charge in [-0.2, -0.15) is 0 Å². The molecule has 0 bridgehead atoms. The first-order valence-corrected chi connectivity index (χ1v) is 4.40. The van der Waals surface area contributed by atoms with Crippen LogP contribution in [0.4, 0.5) is 0 Å². The molecule has 3 N–H and O–H groups in total. The molecule has 1 unspecified atom stereocenters. The monoisotopic (exact) mass is 189 g/mol. The molecule has 0 aliphatic carbocycles. The summed E-state index contributed by atoms with van der Waals surface area (Å²) in [5, 5.41) is 0. The number of nitrogens with one attached hydrogen (secondary N) is 1. The molecule has 0 aliphatic heterocycles. The molecule has 0 aromatic carbocycles. The number of hydrogen-bond donors (Lipinski definition) is 2. The quantitative estimate of drug-likeness (QED) is 0.330. The number of likely N-dealkylation sites (N-methyl/N-ethyl adjacent to an activating group) is 1. The summed E-state index contributed by atoms with van der Waals surface area (Å²) in [5.74, 6) is 4.87. The molecule has 78 valence electrons. The van der Waals surface area contributed by atoms with Crippen molar-refractivity contribution < 1.29 is 9.53 Å². The van der Waals surface area contributed by atoms with Crippen LogP contribution in [0.25, 0.3) is 0 Å². The summed E-state index contributed by atoms with van der Waals surface area (Å²) in [6.45, 7) is 5.98. The van der Waals surface area contributed by atoms with Gasteiger partial charge in [0.15, 0.2) is 0 Å². The molecular formula is C8H19N3O2. The second-order valence-corrected chi connectivity index (χ2v) is 2.81. The van der Waals surface area contributed by atoms with Crippen LogP contribution in [0.3, 0.4) is 0 Å². The van der Waals surface area contributed by atoms with E-state index in [1.54, 1.807) is 7.11 Å². The number of hydrazine groups is 1. The highest BCUT2D eigenvalue weighted by Crippen LogP contribution is 1.97. The summed E-state index contributed by atoms with van der Waals surface area (Å²) in [6, 6.07) is -0.204. The summed E-state index contributed by atoms with van der Waals surface area (Å²) in [7, 11) is 1.64. The minimum absolute atomic E-state index is 0.169. The maximum Gasteiger partial charge on any atom is 0.250 e. The highest BCUT2D eigenvalue weighted by Gasteiger charge is 2.18. The number of carbonyl (C=O) groups excluding carboxylic acids is 1. The normalized spacial score (nSPS) is 13.0. The summed E-state index contributed by atoms with van der Waals surface area (Å²) in [4.78, 5) is 13.1. The smallest absolute Gasteiger partial charge is 0.250 e. The summed E-state index contributed by atoms with van der Waals surface area (Å²) >= 11 is 0. The largest absolute Gasteiger partial charge is 0.383 e. The van der Waals surface area contributed by atoms with E-state index >= 15 is 0 Å². The van der Waals surface area contributed by atoms with E-state index in [1.807, 2.05) is 18.7 Å². The Bertz CT molecular complexity index is 152. The van der Waals surface area contributed by atoms with Crippen molar-refractivity contribution in [3.8, 4) is 0 Å². The number of nitrogens with zero attached hydrogens (tertiary/aromatic N) is 1. The van der Waals surface area contributed by atoms with Crippen molar-refractivity contribution >= 4 is 5.91 Å². The van der Waals surface area contributed by atoms with Gasteiger partial charge in [0.25, 0.3) is 5.91 Å². The molecule has 0 rings (SSSR count). The zero-order valence-electron chi connectivity index (χ0n) is 8.54. The van der Waals surface area contributed by atoms with Gasteiger partial charge < -0.3 is 4.74 Å². The molecule has 0 spiro atoms. The first-order valence-electron chi connectivity index (χ1n) is 4.40. The van der Waals surface area contributed by atoms with Gasteiger partial charge in [-0.05, 0) is 13.5 Å². The predicted molar refractivity (Wildman–Crippen MR) is 50.9 cm³/mol. The number of nitrogens with two attached hydrogens (primary N) is 1. The molecule has 0 saturated heterocycles. The van der Waals surface area contributed by atoms with Crippen molar-refractivity contribution in [2.75, 3.05) is 26.8 Å². The average molecular weight is 189 g/mol. The third-order valence-electron chi connectivity index (χ3n) is 2.06. The predicted octanol–water partition coefficient (Wildman–Crippen LogP) is -0.667. The molecule has 0 aliphatic rings. The summed E-state index contributed by atoms with van der Waals surface area (Å²) in [6.07, 6.45) is 0. The molecule has 0 fully saturated rings. The van der Waals surface area contributed by atoms with Crippen LogP contribution in [0.1, 0.15) is 13.8 Å². The fourth-order valence-corrected chi connectivity index (χ4v) is 1.12. The molecule has 1 amide bonds. The molecule has 1 atom stereocenters. The number of rotatable bonds is 6. The zero-order valence-corrected chi connectivity index (χ0v) is 8.54. The van der Waals surface area contributed by atoms with E-state index in [9.17, 15) is 4.79 Å². The van der Waals surface area contributed by atoms with Crippen LogP contribution in [0.5, 0.6) is 0 Å². The molecule has 5 heteroatoms. The number of ether oxygens (including phenoxy) is 1. The Morgan fingerprint density at radius 2 is 2.31 bits per heavy atom. The van der Waals surface area contributed by atoms with Crippen LogP contribution in [-0.2, 0) is 9.53 Å². The van der Waals surface area contributed by atoms with Crippen molar-refractivity contribution in [2.24, 2.45) is 5.84 Å². The van der Waals surface area contributed by atoms with E-state index < -0.39 is 0 Å². The van der Waals surface area contributed by atoms with Gasteiger partial charge in [0, 0.05) is 13.7 Å². The topological polar surface area (TPSA) is 67.6 Å². The molecule has 0 heterocycles. The highest BCUT2D eigenvalue weighted by atomic mass is 16.5. The molecule has 0 radical (unpaired) electrons. The van der Waals surface area contributed by atoms with Crippen molar-refractivity contribution in [1.82, 2.24) is 10.3 Å². The van der Waals surface area contributed by atoms with Crippen molar-refractivity contribution in [2.45, 2.75) is 19.9 Å². The van der Waals surface area contributed by atoms with Crippen LogP contribution >= 0.6 is 0 Å². The van der Waals surface area contributed by atoms with Gasteiger partial charge in [0.1, 0.15) is 0 Å². The SMILES string of the molecule is CCN(CCOC)C(C)C(=O)NN. The van der Waals surface area contributed by atoms with Crippen molar-refractivity contribution in [3.05, 3.63) is 0 Å². The maximum absolute atomic E-state index is 11.2. The molecule has 0 aromatic rings. The Morgan fingerprint density at radius 1 is 1.69 bits per heavy atom. The van der Waals surface area contributed by atoms with Crippen LogP contribution < -0.4 is 11.3 Å². The van der Waals surface area contributed by atoms with Crippen LogP contribution in [0.2, 0.25) is 0 Å². The van der Waals surface area contributed by atoms with Gasteiger partial charge in [-0.25, -0.2) is 5.84 Å². The third-order valence-corrected chi connectivity index (χ3v) is 2.06. The maximum atomic E-state index is 11.2. The van der Waals surface area contributed by atoms with Crippen LogP contribution in [-0.4, -0.2) is 43.7 Å². The lowest BCUT2D eigenvalue weighted by Crippen LogP contribution is -2.48. The molecule has 0 aromatic heterocycles. The van der Waals surface area contributed by atoms with E-state index in [0.29, 0.717) is 6.61 Å². The molecule has 0 saturated carbocycles. The lowest BCUT2D eigenvalue weighted by molar-refractivity contribution is -0.126. The van der Waals surface area contributed by atoms with E-state index in [1.165, 1.54) is 0 Å². The van der Waals surface area contributed by atoms with E-state index in [-0.39, 0.29) is 11.9 Å². The Labute approximate surface area is 79.2 Å². The minimum Gasteiger partial charge on any atom is -0.383 e. The number of carbonyl (C=O) groups is 1. The highest BCUT2D eigenvalue weighted by molar-refractivity contribution is 5.80. The number of methoxy groups -OCH3 is 1. The zero-order chi connectivity index (χ0) is 10.3. The fourth-order valence-electron chi connectivity index (χ4n) is 1.12. The van der Waals surface area contributed by atoms with E-state index in [0.717, 1.165) is 13.1 Å². The lowest BCUT2D eigenvalue weighted by atomic mass is 10.2. The van der Waals surface area contributed by atoms with E-state index in [2.05, 4.69) is 5.43 Å². The van der Waals surface area contributed by atoms with Gasteiger partial charge >= 0.3 is 0 Å². The summed E-state index contributed by atoms with van der Waals surface area (Å²) < 4.78 is 4.93. The first-order chi connectivity index (χ1) is 6.17. The Hall–Kier alpha value is -0.650. The second kappa shape index (κ2) is 6.82. The Morgan fingerprint density at radius 3 is 2.69 bits per heavy atom. The first kappa shape index (κ1) is 12.3. The van der Waals surface area contributed by atoms with Crippen LogP contribution in [0, 0.1) is 0 Å². The number of amides is 1. The molecule has 13 heavy (non-hydrogen) atoms. The average Bonchev–Trinajstić information content (AvgIpc) is 2.17. The van der Waals surface area contributed by atoms with Gasteiger partial charge in [-0.1, -0.05) is 6.92 Å². The third kappa shape index (κ3) is 4.21. The van der Waals surface area contributed by atoms with E-state index in [4.69, 9.17) is 10.6 Å². The molecule has 5 nitrogen and oxygen atoms in total. The van der Waals surface area contributed by atoms with Crippen LogP contribution in [0.15, 0.2) is 0 Å². The van der Waals surface area contributed by atoms with Gasteiger partial charge in [0.2, 0.25) is 0 Å². The lowest BCUT2D eigenvalue weighted by Gasteiger charge is -2.25. The van der Waals surface area contributed by atoms with Gasteiger partial charge in [0.05, 0.1) is 12.6 Å². The fraction of sp³-hybridized carbons (Fsp3) is 0.875. The van der Waals surface area contributed by atoms with Crippen molar-refractivity contribution in [3.63, 3.8) is 0 Å². The Kier molecular flexibility index (Phi) is 6.48. The van der Waals surface area contributed by atoms with Crippen molar-refractivity contribution in [1.29, 1.82) is 0 Å². The van der Waals surface area contributed by atoms with Gasteiger partial charge in [-0.15, -0.1) is 0 Å². The second-order valence-electron chi connectivity index (χ2n) is 2.81. The minimum atomic E-state index is -0.204. The Balaban J connectivity index is 3.98. The molecular weight excluding hydrogens is 170 g/mol. The number of hydrogen-bond acceptors (Lipinski definition) is 4. The standard InChI is InChI=1S/C8H19N3O2/c1-4-11(5-6-13-3)7(2)8(12)10-9/h7H,4-6,9H2,1-3H3,(H,10,12). The summed E-state index contributed by atoms with van der Waals surface area (Å²) in [5.41, 5.74) is 2.13. The van der Waals surface area contributed by atoms with Gasteiger partial charge in [-0.3, -0.25) is 15.1 Å².